The van der Waals surface area contributed by atoms with Gasteiger partial charge in [-0.3, -0.25) is 0 Å². The largest absolute Gasteiger partial charge is 0.398 e. The molecule has 0 aromatic heterocycles. The van der Waals surface area contributed by atoms with Crippen LogP contribution in [0.1, 0.15) is 44.6 Å². The molecular formula is C16H26N2. The Kier molecular flexibility index (Phi) is 4.51. The summed E-state index contributed by atoms with van der Waals surface area (Å²) in [5.41, 5.74) is 9.10. The number of nitrogen functional groups attached to an aromatic ring is 1. The second kappa shape index (κ2) is 6.12. The molecule has 100 valence electrons. The molecule has 1 aromatic rings. The molecule has 2 rings (SSSR count). The van der Waals surface area contributed by atoms with Crippen molar-refractivity contribution in [2.45, 2.75) is 46.0 Å². The van der Waals surface area contributed by atoms with E-state index in [1.807, 2.05) is 13.0 Å². The van der Waals surface area contributed by atoms with E-state index in [0.29, 0.717) is 0 Å². The molecule has 0 unspecified atom stereocenters. The van der Waals surface area contributed by atoms with Gasteiger partial charge in [-0.25, -0.2) is 0 Å². The third-order valence-electron chi connectivity index (χ3n) is 4.30. The van der Waals surface area contributed by atoms with Gasteiger partial charge < -0.3 is 11.1 Å². The van der Waals surface area contributed by atoms with Gasteiger partial charge in [0.25, 0.3) is 0 Å². The van der Waals surface area contributed by atoms with Gasteiger partial charge in [-0.1, -0.05) is 38.7 Å². The van der Waals surface area contributed by atoms with Crippen molar-refractivity contribution >= 4 is 11.4 Å². The first-order valence-electron chi connectivity index (χ1n) is 7.25. The Morgan fingerprint density at radius 2 is 1.94 bits per heavy atom. The Labute approximate surface area is 111 Å². The van der Waals surface area contributed by atoms with Gasteiger partial charge in [-0.15, -0.1) is 0 Å². The Balaban J connectivity index is 1.73. The predicted molar refractivity (Wildman–Crippen MR) is 79.8 cm³/mol. The molecule has 0 saturated heterocycles. The Morgan fingerprint density at radius 3 is 2.61 bits per heavy atom. The van der Waals surface area contributed by atoms with Crippen LogP contribution in [0.4, 0.5) is 11.4 Å². The van der Waals surface area contributed by atoms with Crippen molar-refractivity contribution < 1.29 is 0 Å². The second-order valence-electron chi connectivity index (χ2n) is 5.91. The molecule has 1 aliphatic rings. The second-order valence-corrected chi connectivity index (χ2v) is 5.91. The third kappa shape index (κ3) is 3.66. The van der Waals surface area contributed by atoms with Crippen LogP contribution < -0.4 is 11.1 Å². The summed E-state index contributed by atoms with van der Waals surface area (Å²) in [5, 5.41) is 3.49. The Hall–Kier alpha value is -1.18. The molecule has 0 spiro atoms. The molecule has 0 radical (unpaired) electrons. The highest BCUT2D eigenvalue weighted by Gasteiger charge is 2.17. The van der Waals surface area contributed by atoms with Crippen LogP contribution in [-0.2, 0) is 0 Å². The molecule has 0 amide bonds. The van der Waals surface area contributed by atoms with Crippen LogP contribution in [0.25, 0.3) is 0 Å². The summed E-state index contributed by atoms with van der Waals surface area (Å²) in [6.07, 6.45) is 6.96. The molecule has 0 aliphatic heterocycles. The van der Waals surface area contributed by atoms with E-state index in [-0.39, 0.29) is 0 Å². The number of nitrogens with two attached hydrogens (primary N) is 1. The Morgan fingerprint density at radius 1 is 1.22 bits per heavy atom. The molecule has 0 heterocycles. The van der Waals surface area contributed by atoms with Crippen LogP contribution in [0.3, 0.4) is 0 Å². The average Bonchev–Trinajstić information content (AvgIpc) is 2.36. The van der Waals surface area contributed by atoms with Crippen molar-refractivity contribution in [2.24, 2.45) is 11.8 Å². The van der Waals surface area contributed by atoms with E-state index >= 15 is 0 Å². The minimum atomic E-state index is 0.881. The van der Waals surface area contributed by atoms with E-state index in [2.05, 4.69) is 24.4 Å². The maximum atomic E-state index is 5.91. The van der Waals surface area contributed by atoms with Crippen LogP contribution in [-0.4, -0.2) is 6.54 Å². The molecular weight excluding hydrogens is 220 g/mol. The summed E-state index contributed by atoms with van der Waals surface area (Å²) >= 11 is 0. The lowest BCUT2D eigenvalue weighted by Crippen LogP contribution is -2.15. The van der Waals surface area contributed by atoms with E-state index in [0.717, 1.165) is 35.3 Å². The number of aryl methyl sites for hydroxylation is 1. The maximum Gasteiger partial charge on any atom is 0.0364 e. The van der Waals surface area contributed by atoms with Gasteiger partial charge in [-0.05, 0) is 42.9 Å². The maximum absolute atomic E-state index is 5.91. The van der Waals surface area contributed by atoms with Crippen LogP contribution in [0.2, 0.25) is 0 Å². The average molecular weight is 246 g/mol. The normalized spacial score (nSPS) is 23.9. The van der Waals surface area contributed by atoms with E-state index in [9.17, 15) is 0 Å². The van der Waals surface area contributed by atoms with Gasteiger partial charge in [0.05, 0.1) is 0 Å². The predicted octanol–water partition coefficient (Wildman–Crippen LogP) is 4.21. The fourth-order valence-electron chi connectivity index (χ4n) is 2.79. The lowest BCUT2D eigenvalue weighted by molar-refractivity contribution is 0.282. The molecule has 0 bridgehead atoms. The Bertz CT molecular complexity index is 379. The van der Waals surface area contributed by atoms with Crippen LogP contribution in [0, 0.1) is 18.8 Å². The highest BCUT2D eigenvalue weighted by molar-refractivity contribution is 5.58. The molecule has 1 saturated carbocycles. The zero-order valence-corrected chi connectivity index (χ0v) is 11.7. The number of anilines is 2. The van der Waals surface area contributed by atoms with Gasteiger partial charge in [0.15, 0.2) is 0 Å². The van der Waals surface area contributed by atoms with Gasteiger partial charge >= 0.3 is 0 Å². The van der Waals surface area contributed by atoms with Gasteiger partial charge in [0.2, 0.25) is 0 Å². The van der Waals surface area contributed by atoms with Gasteiger partial charge in [0, 0.05) is 17.9 Å². The fourth-order valence-corrected chi connectivity index (χ4v) is 2.79. The number of nitrogens with one attached hydrogen (secondary N) is 1. The number of rotatable bonds is 4. The minimum absolute atomic E-state index is 0.881. The molecule has 2 nitrogen and oxygen atoms in total. The van der Waals surface area contributed by atoms with Crippen molar-refractivity contribution in [3.8, 4) is 0 Å². The van der Waals surface area contributed by atoms with Crippen molar-refractivity contribution in [2.75, 3.05) is 17.6 Å². The fraction of sp³-hybridized carbons (Fsp3) is 0.625. The monoisotopic (exact) mass is 246 g/mol. The first kappa shape index (κ1) is 13.3. The van der Waals surface area contributed by atoms with E-state index in [1.54, 1.807) is 0 Å². The van der Waals surface area contributed by atoms with E-state index < -0.39 is 0 Å². The van der Waals surface area contributed by atoms with Crippen LogP contribution >= 0.6 is 0 Å². The van der Waals surface area contributed by atoms with Crippen LogP contribution in [0.15, 0.2) is 18.2 Å². The molecule has 1 aliphatic carbocycles. The van der Waals surface area contributed by atoms with E-state index in [4.69, 9.17) is 5.73 Å². The molecule has 0 atom stereocenters. The molecule has 3 N–H and O–H groups in total. The standard InChI is InChI=1S/C16H26N2/c1-12-3-6-14(7-4-12)9-10-18-15-8-5-13(2)16(17)11-15/h5,8,11-12,14,18H,3-4,6-7,9-10,17H2,1-2H3. The summed E-state index contributed by atoms with van der Waals surface area (Å²) in [5.74, 6) is 1.88. The molecule has 2 heteroatoms. The van der Waals surface area contributed by atoms with Crippen LogP contribution in [0.5, 0.6) is 0 Å². The summed E-state index contributed by atoms with van der Waals surface area (Å²) in [6.45, 7) is 5.49. The van der Waals surface area contributed by atoms with Crippen molar-refractivity contribution in [1.82, 2.24) is 0 Å². The molecule has 18 heavy (non-hydrogen) atoms. The first-order chi connectivity index (χ1) is 8.65. The molecule has 1 fully saturated rings. The highest BCUT2D eigenvalue weighted by Crippen LogP contribution is 2.30. The third-order valence-corrected chi connectivity index (χ3v) is 4.30. The summed E-state index contributed by atoms with van der Waals surface area (Å²) in [7, 11) is 0. The molecule has 1 aromatic carbocycles. The first-order valence-corrected chi connectivity index (χ1v) is 7.25. The smallest absolute Gasteiger partial charge is 0.0364 e. The lowest BCUT2D eigenvalue weighted by atomic mass is 9.81. The number of hydrogen-bond donors (Lipinski definition) is 2. The quantitative estimate of drug-likeness (QED) is 0.781. The van der Waals surface area contributed by atoms with Gasteiger partial charge in [-0.2, -0.15) is 0 Å². The lowest BCUT2D eigenvalue weighted by Gasteiger charge is -2.26. The summed E-state index contributed by atoms with van der Waals surface area (Å²) < 4.78 is 0. The topological polar surface area (TPSA) is 38.0 Å². The zero-order valence-electron chi connectivity index (χ0n) is 11.7. The summed E-state index contributed by atoms with van der Waals surface area (Å²) in [4.78, 5) is 0. The summed E-state index contributed by atoms with van der Waals surface area (Å²) in [6, 6.07) is 6.24. The van der Waals surface area contributed by atoms with Crippen molar-refractivity contribution in [3.05, 3.63) is 23.8 Å². The van der Waals surface area contributed by atoms with Crippen molar-refractivity contribution in [1.29, 1.82) is 0 Å². The number of benzene rings is 1. The number of hydrogen-bond acceptors (Lipinski definition) is 2. The van der Waals surface area contributed by atoms with Crippen molar-refractivity contribution in [3.63, 3.8) is 0 Å². The highest BCUT2D eigenvalue weighted by atomic mass is 14.9. The zero-order chi connectivity index (χ0) is 13.0. The SMILES string of the molecule is Cc1ccc(NCCC2CCC(C)CC2)cc1N. The van der Waals surface area contributed by atoms with Gasteiger partial charge in [0.1, 0.15) is 0 Å². The minimum Gasteiger partial charge on any atom is -0.398 e. The van der Waals surface area contributed by atoms with E-state index in [1.165, 1.54) is 32.1 Å².